The van der Waals surface area contributed by atoms with E-state index in [1.165, 1.54) is 0 Å². The number of nitrogens with two attached hydrogens (primary N) is 1. The lowest BCUT2D eigenvalue weighted by Crippen LogP contribution is -2.41. The van der Waals surface area contributed by atoms with Gasteiger partial charge in [-0.1, -0.05) is 36.4 Å². The van der Waals surface area contributed by atoms with Crippen molar-refractivity contribution in [3.05, 3.63) is 66.0 Å². The third kappa shape index (κ3) is 8.40. The Morgan fingerprint density at radius 2 is 1.77 bits per heavy atom. The summed E-state index contributed by atoms with van der Waals surface area (Å²) in [6, 6.07) is 14.3. The number of aliphatic carboxylic acids is 1. The number of aromatic nitrogens is 1. The summed E-state index contributed by atoms with van der Waals surface area (Å²) in [6.45, 7) is 0.295. The molecule has 1 heterocycles. The molecule has 1 aromatic carbocycles. The number of carbonyl (C=O) groups is 3. The van der Waals surface area contributed by atoms with Crippen LogP contribution in [0, 0.1) is 0 Å². The van der Waals surface area contributed by atoms with Crippen LogP contribution in [0.1, 0.15) is 43.0 Å². The molecular weight excluding hydrogens is 384 g/mol. The van der Waals surface area contributed by atoms with E-state index in [2.05, 4.69) is 15.6 Å². The van der Waals surface area contributed by atoms with Crippen molar-refractivity contribution < 1.29 is 19.5 Å². The zero-order valence-corrected chi connectivity index (χ0v) is 16.8. The van der Waals surface area contributed by atoms with Crippen LogP contribution in [-0.2, 0) is 20.8 Å². The van der Waals surface area contributed by atoms with Gasteiger partial charge < -0.3 is 21.5 Å². The van der Waals surface area contributed by atoms with Gasteiger partial charge in [0.15, 0.2) is 0 Å². The Kier molecular flexibility index (Phi) is 9.47. The summed E-state index contributed by atoms with van der Waals surface area (Å²) in [5, 5.41) is 14.3. The van der Waals surface area contributed by atoms with Crippen molar-refractivity contribution in [3.63, 3.8) is 0 Å². The SMILES string of the molecule is N[C@@H](CCC(=O)O)C(=O)NCCCC(=O)NC(Cc1ccccn1)c1ccccc1. The van der Waals surface area contributed by atoms with Gasteiger partial charge in [-0.25, -0.2) is 0 Å². The van der Waals surface area contributed by atoms with Gasteiger partial charge in [0, 0.05) is 37.7 Å². The van der Waals surface area contributed by atoms with Crippen LogP contribution in [0.5, 0.6) is 0 Å². The van der Waals surface area contributed by atoms with Gasteiger partial charge in [-0.3, -0.25) is 19.4 Å². The van der Waals surface area contributed by atoms with Crippen LogP contribution in [0.3, 0.4) is 0 Å². The highest BCUT2D eigenvalue weighted by Gasteiger charge is 2.17. The first-order chi connectivity index (χ1) is 14.5. The van der Waals surface area contributed by atoms with Gasteiger partial charge in [0.1, 0.15) is 0 Å². The molecule has 0 aliphatic carbocycles. The van der Waals surface area contributed by atoms with E-state index in [9.17, 15) is 14.4 Å². The normalized spacial score (nSPS) is 12.6. The van der Waals surface area contributed by atoms with E-state index in [-0.39, 0.29) is 31.2 Å². The predicted octanol–water partition coefficient (Wildman–Crippen LogP) is 1.57. The molecule has 0 fully saturated rings. The van der Waals surface area contributed by atoms with E-state index in [1.54, 1.807) is 6.20 Å². The lowest BCUT2D eigenvalue weighted by molar-refractivity contribution is -0.137. The smallest absolute Gasteiger partial charge is 0.303 e. The second-order valence-corrected chi connectivity index (χ2v) is 6.99. The minimum atomic E-state index is -0.992. The van der Waals surface area contributed by atoms with Crippen molar-refractivity contribution in [1.82, 2.24) is 15.6 Å². The number of nitrogens with one attached hydrogen (secondary N) is 2. The molecule has 8 heteroatoms. The average Bonchev–Trinajstić information content (AvgIpc) is 2.75. The number of nitrogens with zero attached hydrogens (tertiary/aromatic N) is 1. The predicted molar refractivity (Wildman–Crippen MR) is 112 cm³/mol. The molecule has 2 amide bonds. The average molecular weight is 412 g/mol. The molecular formula is C22H28N4O4. The molecule has 1 aromatic heterocycles. The van der Waals surface area contributed by atoms with Crippen molar-refractivity contribution in [1.29, 1.82) is 0 Å². The van der Waals surface area contributed by atoms with Gasteiger partial charge in [-0.15, -0.1) is 0 Å². The maximum Gasteiger partial charge on any atom is 0.303 e. The second kappa shape index (κ2) is 12.3. The van der Waals surface area contributed by atoms with Crippen molar-refractivity contribution in [2.24, 2.45) is 5.73 Å². The molecule has 160 valence electrons. The van der Waals surface area contributed by atoms with E-state index in [4.69, 9.17) is 10.8 Å². The Hall–Kier alpha value is -3.26. The second-order valence-electron chi connectivity index (χ2n) is 6.99. The van der Waals surface area contributed by atoms with Crippen molar-refractivity contribution in [3.8, 4) is 0 Å². The van der Waals surface area contributed by atoms with Crippen molar-refractivity contribution in [2.75, 3.05) is 6.54 Å². The fraction of sp³-hybridized carbons (Fsp3) is 0.364. The maximum absolute atomic E-state index is 12.4. The van der Waals surface area contributed by atoms with E-state index >= 15 is 0 Å². The molecule has 0 spiro atoms. The Balaban J connectivity index is 1.80. The maximum atomic E-state index is 12.4. The molecule has 8 nitrogen and oxygen atoms in total. The van der Waals surface area contributed by atoms with Gasteiger partial charge in [-0.05, 0) is 30.5 Å². The number of hydrogen-bond acceptors (Lipinski definition) is 5. The third-order valence-electron chi connectivity index (χ3n) is 4.56. The number of benzene rings is 1. The van der Waals surface area contributed by atoms with Gasteiger partial charge in [0.2, 0.25) is 11.8 Å². The van der Waals surface area contributed by atoms with Gasteiger partial charge in [-0.2, -0.15) is 0 Å². The van der Waals surface area contributed by atoms with Gasteiger partial charge in [0.05, 0.1) is 12.1 Å². The number of carbonyl (C=O) groups excluding carboxylic acids is 2. The summed E-state index contributed by atoms with van der Waals surface area (Å²) in [7, 11) is 0. The molecule has 2 atom stereocenters. The van der Waals surface area contributed by atoms with Crippen LogP contribution in [0.4, 0.5) is 0 Å². The zero-order chi connectivity index (χ0) is 21.8. The van der Waals surface area contributed by atoms with E-state index in [0.717, 1.165) is 11.3 Å². The Morgan fingerprint density at radius 3 is 2.43 bits per heavy atom. The van der Waals surface area contributed by atoms with Crippen molar-refractivity contribution in [2.45, 2.75) is 44.2 Å². The van der Waals surface area contributed by atoms with Crippen LogP contribution < -0.4 is 16.4 Å². The minimum Gasteiger partial charge on any atom is -0.481 e. The lowest BCUT2D eigenvalue weighted by Gasteiger charge is -2.19. The molecule has 30 heavy (non-hydrogen) atoms. The minimum absolute atomic E-state index is 0.0773. The molecule has 2 rings (SSSR count). The van der Waals surface area contributed by atoms with Crippen LogP contribution in [0.2, 0.25) is 0 Å². The largest absolute Gasteiger partial charge is 0.481 e. The summed E-state index contributed by atoms with van der Waals surface area (Å²) in [5.41, 5.74) is 7.53. The number of pyridine rings is 1. The first kappa shape index (κ1) is 23.0. The summed E-state index contributed by atoms with van der Waals surface area (Å²) in [5.74, 6) is -1.52. The number of hydrogen-bond donors (Lipinski definition) is 4. The molecule has 5 N–H and O–H groups in total. The van der Waals surface area contributed by atoms with Crippen molar-refractivity contribution >= 4 is 17.8 Å². The quantitative estimate of drug-likeness (QED) is 0.391. The number of amides is 2. The van der Waals surface area contributed by atoms with Crippen LogP contribution in [0.25, 0.3) is 0 Å². The Morgan fingerprint density at radius 1 is 1.03 bits per heavy atom. The van der Waals surface area contributed by atoms with Crippen LogP contribution in [0.15, 0.2) is 54.7 Å². The molecule has 0 aliphatic heterocycles. The zero-order valence-electron chi connectivity index (χ0n) is 16.8. The number of rotatable bonds is 12. The Labute approximate surface area is 175 Å². The molecule has 0 saturated carbocycles. The topological polar surface area (TPSA) is 134 Å². The fourth-order valence-electron chi connectivity index (χ4n) is 2.93. The third-order valence-corrected chi connectivity index (χ3v) is 4.56. The van der Waals surface area contributed by atoms with E-state index in [0.29, 0.717) is 19.4 Å². The first-order valence-electron chi connectivity index (χ1n) is 9.95. The highest BCUT2D eigenvalue weighted by atomic mass is 16.4. The summed E-state index contributed by atoms with van der Waals surface area (Å²) < 4.78 is 0. The standard InChI is InChI=1S/C22H28N4O4/c23-18(11-12-21(28)29)22(30)25-14-6-10-20(27)26-19(16-7-2-1-3-8-16)15-17-9-4-5-13-24-17/h1-5,7-9,13,18-19H,6,10-12,14-15,23H2,(H,25,30)(H,26,27)(H,28,29)/t18-,19?/m0/s1. The highest BCUT2D eigenvalue weighted by Crippen LogP contribution is 2.17. The molecule has 0 bridgehead atoms. The van der Waals surface area contributed by atoms with Gasteiger partial charge >= 0.3 is 5.97 Å². The molecule has 2 aromatic rings. The number of carboxylic acids is 1. The summed E-state index contributed by atoms with van der Waals surface area (Å²) >= 11 is 0. The first-order valence-corrected chi connectivity index (χ1v) is 9.95. The molecule has 0 aliphatic rings. The molecule has 0 radical (unpaired) electrons. The summed E-state index contributed by atoms with van der Waals surface area (Å²) in [6.07, 6.45) is 2.92. The molecule has 1 unspecified atom stereocenters. The summed E-state index contributed by atoms with van der Waals surface area (Å²) in [4.78, 5) is 39.1. The number of carboxylic acid groups (broad SMARTS) is 1. The molecule has 0 saturated heterocycles. The van der Waals surface area contributed by atoms with Crippen LogP contribution >= 0.6 is 0 Å². The highest BCUT2D eigenvalue weighted by molar-refractivity contribution is 5.82. The Bertz CT molecular complexity index is 814. The van der Waals surface area contributed by atoms with Crippen LogP contribution in [-0.4, -0.2) is 40.5 Å². The monoisotopic (exact) mass is 412 g/mol. The van der Waals surface area contributed by atoms with E-state index in [1.807, 2.05) is 48.5 Å². The van der Waals surface area contributed by atoms with Gasteiger partial charge in [0.25, 0.3) is 0 Å². The lowest BCUT2D eigenvalue weighted by atomic mass is 10.0. The fourth-order valence-corrected chi connectivity index (χ4v) is 2.93. The van der Waals surface area contributed by atoms with E-state index < -0.39 is 17.9 Å².